The lowest BCUT2D eigenvalue weighted by Crippen LogP contribution is -2.31. The maximum absolute atomic E-state index is 13.0. The first-order valence-electron chi connectivity index (χ1n) is 4.74. The van der Waals surface area contributed by atoms with Crippen LogP contribution in [0.3, 0.4) is 0 Å². The first-order valence-corrected chi connectivity index (χ1v) is 5.12. The summed E-state index contributed by atoms with van der Waals surface area (Å²) in [5.74, 6) is -2.27. The van der Waals surface area contributed by atoms with Crippen molar-refractivity contribution < 1.29 is 19.0 Å². The molecule has 0 saturated heterocycles. The summed E-state index contributed by atoms with van der Waals surface area (Å²) in [5, 5.41) is 9.23. The first-order chi connectivity index (χ1) is 7.86. The molecule has 1 aromatic rings. The molecule has 17 heavy (non-hydrogen) atoms. The number of hydrogen-bond acceptors (Lipinski definition) is 4. The molecule has 4 nitrogen and oxygen atoms in total. The van der Waals surface area contributed by atoms with E-state index in [2.05, 4.69) is 0 Å². The van der Waals surface area contributed by atoms with Gasteiger partial charge in [-0.3, -0.25) is 4.79 Å². The highest BCUT2D eigenvalue weighted by molar-refractivity contribution is 6.30. The van der Waals surface area contributed by atoms with Crippen LogP contribution in [0.1, 0.15) is 12.5 Å². The smallest absolute Gasteiger partial charge is 0.250 e. The third-order valence-corrected chi connectivity index (χ3v) is 2.96. The van der Waals surface area contributed by atoms with Gasteiger partial charge in [0.1, 0.15) is 5.82 Å². The Morgan fingerprint density at radius 3 is 2.65 bits per heavy atom. The number of ketones is 1. The second-order valence-corrected chi connectivity index (χ2v) is 4.21. The number of aliphatic hydroxyl groups excluding tert-OH is 1. The first kappa shape index (κ1) is 11.7. The van der Waals surface area contributed by atoms with Gasteiger partial charge >= 0.3 is 0 Å². The van der Waals surface area contributed by atoms with Crippen LogP contribution in [0.25, 0.3) is 0 Å². The Morgan fingerprint density at radius 2 is 2.18 bits per heavy atom. The zero-order valence-electron chi connectivity index (χ0n) is 8.83. The van der Waals surface area contributed by atoms with Crippen LogP contribution in [0, 0.1) is 5.82 Å². The summed E-state index contributed by atoms with van der Waals surface area (Å²) in [4.78, 5) is 11.8. The average Bonchev–Trinajstić information content (AvgIpc) is 2.48. The summed E-state index contributed by atoms with van der Waals surface area (Å²) in [7, 11) is 0. The number of nitrogens with two attached hydrogens (primary N) is 1. The van der Waals surface area contributed by atoms with E-state index in [1.165, 1.54) is 19.1 Å². The molecule has 0 aromatic heterocycles. The number of Topliss-reactive ketones (excluding diaryl/α,β-unsaturated/α-hetero) is 1. The molecule has 1 unspecified atom stereocenters. The largest absolute Gasteiger partial charge is 0.501 e. The number of hydrogen-bond donors (Lipinski definition) is 2. The van der Waals surface area contributed by atoms with Crippen molar-refractivity contribution in [1.82, 2.24) is 0 Å². The molecule has 0 amide bonds. The molecule has 0 spiro atoms. The second-order valence-electron chi connectivity index (χ2n) is 3.81. The molecule has 1 aromatic carbocycles. The predicted octanol–water partition coefficient (Wildman–Crippen LogP) is 1.98. The van der Waals surface area contributed by atoms with E-state index >= 15 is 0 Å². The maximum Gasteiger partial charge on any atom is 0.250 e. The number of rotatable bonds is 1. The van der Waals surface area contributed by atoms with E-state index in [-0.39, 0.29) is 10.9 Å². The summed E-state index contributed by atoms with van der Waals surface area (Å²) >= 11 is 5.63. The number of carbonyl (C=O) groups is 1. The van der Waals surface area contributed by atoms with Gasteiger partial charge in [0, 0.05) is 5.56 Å². The molecule has 90 valence electrons. The van der Waals surface area contributed by atoms with Crippen molar-refractivity contribution in [3.63, 3.8) is 0 Å². The summed E-state index contributed by atoms with van der Waals surface area (Å²) in [6.07, 6.45) is 0. The molecule has 1 heterocycles. The fourth-order valence-electron chi connectivity index (χ4n) is 1.64. The van der Waals surface area contributed by atoms with E-state index in [0.717, 1.165) is 6.07 Å². The molecule has 2 rings (SSSR count). The molecule has 1 atom stereocenters. The van der Waals surface area contributed by atoms with Crippen LogP contribution < -0.4 is 5.73 Å². The summed E-state index contributed by atoms with van der Waals surface area (Å²) < 4.78 is 18.1. The SMILES string of the molecule is CC1(c2ccc(F)c(Cl)c2)OC(N)=C(O)C1=O. The molecule has 0 bridgehead atoms. The fraction of sp³-hybridized carbons (Fsp3) is 0.182. The predicted molar refractivity (Wildman–Crippen MR) is 58.7 cm³/mol. The summed E-state index contributed by atoms with van der Waals surface area (Å²) in [5.41, 5.74) is 4.18. The third kappa shape index (κ3) is 1.63. The standard InChI is InChI=1S/C11H9ClFNO3/c1-11(9(16)8(15)10(14)17-11)5-2-3-7(13)6(12)4-5/h2-4,15H,14H2,1H3. The van der Waals surface area contributed by atoms with Gasteiger partial charge in [0.2, 0.25) is 11.6 Å². The molecule has 0 fully saturated rings. The van der Waals surface area contributed by atoms with Crippen molar-refractivity contribution in [2.45, 2.75) is 12.5 Å². The number of halogens is 2. The molecule has 0 aliphatic carbocycles. The minimum Gasteiger partial charge on any atom is -0.501 e. The van der Waals surface area contributed by atoms with Crippen molar-refractivity contribution in [1.29, 1.82) is 0 Å². The quantitative estimate of drug-likeness (QED) is 0.807. The lowest BCUT2D eigenvalue weighted by Gasteiger charge is -2.22. The third-order valence-electron chi connectivity index (χ3n) is 2.67. The van der Waals surface area contributed by atoms with Gasteiger partial charge in [-0.15, -0.1) is 0 Å². The van der Waals surface area contributed by atoms with Crippen molar-refractivity contribution in [3.05, 3.63) is 46.2 Å². The Balaban J connectivity index is 2.48. The van der Waals surface area contributed by atoms with Gasteiger partial charge in [0.15, 0.2) is 5.60 Å². The van der Waals surface area contributed by atoms with Crippen LogP contribution in [-0.2, 0) is 15.1 Å². The van der Waals surface area contributed by atoms with E-state index < -0.39 is 23.0 Å². The van der Waals surface area contributed by atoms with Crippen molar-refractivity contribution in [2.24, 2.45) is 5.73 Å². The summed E-state index contributed by atoms with van der Waals surface area (Å²) in [6.45, 7) is 1.43. The highest BCUT2D eigenvalue weighted by atomic mass is 35.5. The van der Waals surface area contributed by atoms with Crippen LogP contribution in [-0.4, -0.2) is 10.9 Å². The monoisotopic (exact) mass is 257 g/mol. The Morgan fingerprint density at radius 1 is 1.53 bits per heavy atom. The van der Waals surface area contributed by atoms with E-state index in [1.807, 2.05) is 0 Å². The molecule has 6 heteroatoms. The fourth-order valence-corrected chi connectivity index (χ4v) is 1.82. The Bertz CT molecular complexity index is 544. The minimum atomic E-state index is -1.47. The Hall–Kier alpha value is -1.75. The van der Waals surface area contributed by atoms with Crippen molar-refractivity contribution in [2.75, 3.05) is 0 Å². The van der Waals surface area contributed by atoms with Gasteiger partial charge in [-0.25, -0.2) is 4.39 Å². The van der Waals surface area contributed by atoms with E-state index in [9.17, 15) is 14.3 Å². The topological polar surface area (TPSA) is 72.6 Å². The lowest BCUT2D eigenvalue weighted by molar-refractivity contribution is -0.131. The van der Waals surface area contributed by atoms with Gasteiger partial charge in [-0.05, 0) is 19.1 Å². The van der Waals surface area contributed by atoms with Gasteiger partial charge in [0.05, 0.1) is 5.02 Å². The zero-order chi connectivity index (χ0) is 12.8. The Kier molecular flexibility index (Phi) is 2.50. The number of benzene rings is 1. The van der Waals surface area contributed by atoms with E-state index in [0.29, 0.717) is 5.56 Å². The highest BCUT2D eigenvalue weighted by Gasteiger charge is 2.47. The van der Waals surface area contributed by atoms with Crippen LogP contribution in [0.2, 0.25) is 5.02 Å². The highest BCUT2D eigenvalue weighted by Crippen LogP contribution is 2.37. The van der Waals surface area contributed by atoms with E-state index in [4.69, 9.17) is 22.1 Å². The molecule has 0 saturated carbocycles. The van der Waals surface area contributed by atoms with Crippen LogP contribution >= 0.6 is 11.6 Å². The van der Waals surface area contributed by atoms with E-state index in [1.54, 1.807) is 0 Å². The van der Waals surface area contributed by atoms with Crippen molar-refractivity contribution >= 4 is 17.4 Å². The number of ether oxygens (including phenoxy) is 1. The second kappa shape index (κ2) is 3.63. The van der Waals surface area contributed by atoms with Gasteiger partial charge in [0.25, 0.3) is 5.78 Å². The van der Waals surface area contributed by atoms with Gasteiger partial charge in [-0.2, -0.15) is 0 Å². The molecule has 1 aliphatic heterocycles. The van der Waals surface area contributed by atoms with Gasteiger partial charge < -0.3 is 15.6 Å². The molecular weight excluding hydrogens is 249 g/mol. The average molecular weight is 258 g/mol. The summed E-state index contributed by atoms with van der Waals surface area (Å²) in [6, 6.07) is 3.73. The number of aliphatic hydroxyl groups is 1. The molecular formula is C11H9ClFNO3. The maximum atomic E-state index is 13.0. The normalized spacial score (nSPS) is 24.1. The minimum absolute atomic E-state index is 0.134. The van der Waals surface area contributed by atoms with Gasteiger partial charge in [-0.1, -0.05) is 17.7 Å². The van der Waals surface area contributed by atoms with Crippen LogP contribution in [0.5, 0.6) is 0 Å². The molecule has 3 N–H and O–H groups in total. The van der Waals surface area contributed by atoms with Crippen LogP contribution in [0.4, 0.5) is 4.39 Å². The van der Waals surface area contributed by atoms with Crippen LogP contribution in [0.15, 0.2) is 29.8 Å². The zero-order valence-corrected chi connectivity index (χ0v) is 9.58. The molecule has 1 aliphatic rings. The molecule has 0 radical (unpaired) electrons. The number of carbonyl (C=O) groups excluding carboxylic acids is 1. The van der Waals surface area contributed by atoms with Crippen molar-refractivity contribution in [3.8, 4) is 0 Å². The Labute approximate surface area is 101 Å². The lowest BCUT2D eigenvalue weighted by atomic mass is 9.91.